The largest absolute Gasteiger partial charge is 0.356 e. The Bertz CT molecular complexity index is 167. The normalized spacial score (nSPS) is 13.4. The van der Waals surface area contributed by atoms with Crippen LogP contribution in [-0.2, 0) is 4.79 Å². The van der Waals surface area contributed by atoms with Crippen molar-refractivity contribution < 1.29 is 4.79 Å². The average Bonchev–Trinajstić information content (AvgIpc) is 1.98. The summed E-state index contributed by atoms with van der Waals surface area (Å²) in [5.74, 6) is 0.659. The van der Waals surface area contributed by atoms with E-state index in [0.717, 1.165) is 6.54 Å². The molecule has 3 nitrogen and oxygen atoms in total. The molecule has 1 amide bonds. The lowest BCUT2D eigenvalue weighted by atomic mass is 10.2. The Morgan fingerprint density at radius 2 is 1.71 bits per heavy atom. The summed E-state index contributed by atoms with van der Waals surface area (Å²) in [6, 6.07) is 0.685. The summed E-state index contributed by atoms with van der Waals surface area (Å²) in [5, 5.41) is 6.21. The van der Waals surface area contributed by atoms with Crippen molar-refractivity contribution in [2.24, 2.45) is 5.92 Å². The van der Waals surface area contributed by atoms with Gasteiger partial charge < -0.3 is 10.6 Å². The Kier molecular flexibility index (Phi) is 6.54. The van der Waals surface area contributed by atoms with E-state index >= 15 is 0 Å². The monoisotopic (exact) mass is 200 g/mol. The zero-order chi connectivity index (χ0) is 11.1. The number of hydrogen-bond acceptors (Lipinski definition) is 2. The average molecular weight is 200 g/mol. The summed E-state index contributed by atoms with van der Waals surface area (Å²) in [7, 11) is 0. The number of nitrogens with one attached hydrogen (secondary N) is 2. The molecule has 0 bridgehead atoms. The topological polar surface area (TPSA) is 41.1 Å². The highest BCUT2D eigenvalue weighted by Gasteiger charge is 2.09. The molecule has 0 rings (SSSR count). The van der Waals surface area contributed by atoms with Crippen LogP contribution in [0.1, 0.15) is 41.0 Å². The lowest BCUT2D eigenvalue weighted by molar-refractivity contribution is -0.121. The molecule has 1 unspecified atom stereocenters. The minimum atomic E-state index is 0.138. The second-order valence-electron chi connectivity index (χ2n) is 4.62. The van der Waals surface area contributed by atoms with Crippen molar-refractivity contribution in [1.82, 2.24) is 10.6 Å². The molecule has 0 aromatic rings. The fourth-order valence-electron chi connectivity index (χ4n) is 1.30. The van der Waals surface area contributed by atoms with Gasteiger partial charge in [0.25, 0.3) is 0 Å². The minimum Gasteiger partial charge on any atom is -0.356 e. The third-order valence-corrected chi connectivity index (χ3v) is 1.82. The summed E-state index contributed by atoms with van der Waals surface area (Å²) < 4.78 is 0. The molecule has 0 aliphatic heterocycles. The number of hydrogen-bond donors (Lipinski definition) is 2. The molecule has 0 aliphatic carbocycles. The maximum absolute atomic E-state index is 11.4. The van der Waals surface area contributed by atoms with E-state index in [0.29, 0.717) is 18.4 Å². The van der Waals surface area contributed by atoms with E-state index in [1.54, 1.807) is 0 Å². The molecule has 0 aromatic carbocycles. The second kappa shape index (κ2) is 6.82. The quantitative estimate of drug-likeness (QED) is 0.683. The zero-order valence-corrected chi connectivity index (χ0v) is 10.1. The van der Waals surface area contributed by atoms with E-state index in [1.165, 1.54) is 0 Å². The molecule has 0 radical (unpaired) electrons. The number of amides is 1. The van der Waals surface area contributed by atoms with E-state index < -0.39 is 0 Å². The molecule has 14 heavy (non-hydrogen) atoms. The summed E-state index contributed by atoms with van der Waals surface area (Å²) in [6.07, 6.45) is 0.560. The third-order valence-electron chi connectivity index (χ3n) is 1.82. The highest BCUT2D eigenvalue weighted by Crippen LogP contribution is 1.94. The predicted octanol–water partition coefficient (Wildman–Crippen LogP) is 1.54. The first kappa shape index (κ1) is 13.4. The summed E-state index contributed by atoms with van der Waals surface area (Å²) in [5.41, 5.74) is 0. The van der Waals surface area contributed by atoms with E-state index in [1.807, 2.05) is 6.92 Å². The fraction of sp³-hybridized carbons (Fsp3) is 0.909. The molecule has 1 atom stereocenters. The molecule has 0 saturated heterocycles. The van der Waals surface area contributed by atoms with Crippen LogP contribution in [0.2, 0.25) is 0 Å². The van der Waals surface area contributed by atoms with Crippen LogP contribution in [-0.4, -0.2) is 24.5 Å². The van der Waals surface area contributed by atoms with Crippen LogP contribution in [0.25, 0.3) is 0 Å². The van der Waals surface area contributed by atoms with Gasteiger partial charge in [-0.1, -0.05) is 27.7 Å². The van der Waals surface area contributed by atoms with E-state index in [9.17, 15) is 4.79 Å². The predicted molar refractivity (Wildman–Crippen MR) is 60.2 cm³/mol. The number of carbonyl (C=O) groups is 1. The van der Waals surface area contributed by atoms with Gasteiger partial charge in [0.1, 0.15) is 0 Å². The van der Waals surface area contributed by atoms with Gasteiger partial charge in [-0.25, -0.2) is 0 Å². The highest BCUT2D eigenvalue weighted by atomic mass is 16.1. The maximum atomic E-state index is 11.4. The first-order valence-corrected chi connectivity index (χ1v) is 5.44. The van der Waals surface area contributed by atoms with Crippen molar-refractivity contribution in [3.63, 3.8) is 0 Å². The van der Waals surface area contributed by atoms with Crippen molar-refractivity contribution in [1.29, 1.82) is 0 Å². The Morgan fingerprint density at radius 3 is 2.14 bits per heavy atom. The Hall–Kier alpha value is -0.570. The minimum absolute atomic E-state index is 0.138. The summed E-state index contributed by atoms with van der Waals surface area (Å²) >= 11 is 0. The molecule has 0 aliphatic rings. The SMILES string of the molecule is CC(C)CNC(=O)CC(C)NC(C)C. The molecule has 0 saturated carbocycles. The van der Waals surface area contributed by atoms with Gasteiger partial charge in [-0.2, -0.15) is 0 Å². The van der Waals surface area contributed by atoms with Crippen molar-refractivity contribution in [3.05, 3.63) is 0 Å². The third kappa shape index (κ3) is 8.05. The Balaban J connectivity index is 3.60. The summed E-state index contributed by atoms with van der Waals surface area (Å²) in [6.45, 7) is 11.2. The van der Waals surface area contributed by atoms with Crippen molar-refractivity contribution in [2.75, 3.05) is 6.54 Å². The fourth-order valence-corrected chi connectivity index (χ4v) is 1.30. The lowest BCUT2D eigenvalue weighted by Gasteiger charge is -2.16. The molecule has 0 fully saturated rings. The lowest BCUT2D eigenvalue weighted by Crippen LogP contribution is -2.38. The van der Waals surface area contributed by atoms with Crippen molar-refractivity contribution in [2.45, 2.75) is 53.1 Å². The smallest absolute Gasteiger partial charge is 0.221 e. The molecule has 3 heteroatoms. The number of rotatable bonds is 6. The van der Waals surface area contributed by atoms with Gasteiger partial charge >= 0.3 is 0 Å². The van der Waals surface area contributed by atoms with Crippen LogP contribution >= 0.6 is 0 Å². The molecule has 0 heterocycles. The summed E-state index contributed by atoms with van der Waals surface area (Å²) in [4.78, 5) is 11.4. The maximum Gasteiger partial charge on any atom is 0.221 e. The van der Waals surface area contributed by atoms with Gasteiger partial charge in [-0.15, -0.1) is 0 Å². The Labute approximate surface area is 87.6 Å². The van der Waals surface area contributed by atoms with Crippen molar-refractivity contribution in [3.8, 4) is 0 Å². The van der Waals surface area contributed by atoms with E-state index in [2.05, 4.69) is 38.3 Å². The molecule has 0 spiro atoms. The van der Waals surface area contributed by atoms with Gasteiger partial charge in [0, 0.05) is 25.0 Å². The van der Waals surface area contributed by atoms with Crippen LogP contribution in [0.5, 0.6) is 0 Å². The Morgan fingerprint density at radius 1 is 1.14 bits per heavy atom. The molecule has 0 aromatic heterocycles. The van der Waals surface area contributed by atoms with Gasteiger partial charge in [0.15, 0.2) is 0 Å². The number of carbonyl (C=O) groups excluding carboxylic acids is 1. The molecule has 2 N–H and O–H groups in total. The first-order valence-electron chi connectivity index (χ1n) is 5.44. The molecular weight excluding hydrogens is 176 g/mol. The van der Waals surface area contributed by atoms with Crippen molar-refractivity contribution >= 4 is 5.91 Å². The van der Waals surface area contributed by atoms with E-state index in [4.69, 9.17) is 0 Å². The second-order valence-corrected chi connectivity index (χ2v) is 4.62. The van der Waals surface area contributed by atoms with Crippen LogP contribution in [0, 0.1) is 5.92 Å². The highest BCUT2D eigenvalue weighted by molar-refractivity contribution is 5.76. The molecular formula is C11H24N2O. The van der Waals surface area contributed by atoms with Gasteiger partial charge in [-0.05, 0) is 12.8 Å². The van der Waals surface area contributed by atoms with Gasteiger partial charge in [0.05, 0.1) is 0 Å². The standard InChI is InChI=1S/C11H24N2O/c1-8(2)7-12-11(14)6-10(5)13-9(3)4/h8-10,13H,6-7H2,1-5H3,(H,12,14). The van der Waals surface area contributed by atoms with Gasteiger partial charge in [0.2, 0.25) is 5.91 Å². The van der Waals surface area contributed by atoms with Crippen LogP contribution in [0.3, 0.4) is 0 Å². The zero-order valence-electron chi connectivity index (χ0n) is 10.1. The molecule has 84 valence electrons. The van der Waals surface area contributed by atoms with Crippen LogP contribution < -0.4 is 10.6 Å². The van der Waals surface area contributed by atoms with Gasteiger partial charge in [-0.3, -0.25) is 4.79 Å². The van der Waals surface area contributed by atoms with Crippen LogP contribution in [0.15, 0.2) is 0 Å². The van der Waals surface area contributed by atoms with Crippen LogP contribution in [0.4, 0.5) is 0 Å². The van der Waals surface area contributed by atoms with E-state index in [-0.39, 0.29) is 11.9 Å². The first-order chi connectivity index (χ1) is 6.41.